The van der Waals surface area contributed by atoms with E-state index < -0.39 is 17.3 Å². The summed E-state index contributed by atoms with van der Waals surface area (Å²) in [5.74, 6) is 2.17. The molecule has 37 heavy (non-hydrogen) atoms. The maximum Gasteiger partial charge on any atom is 0.410 e. The van der Waals surface area contributed by atoms with E-state index in [-0.39, 0.29) is 23.8 Å². The van der Waals surface area contributed by atoms with Crippen molar-refractivity contribution in [1.29, 1.82) is 0 Å². The Morgan fingerprint density at radius 3 is 2.11 bits per heavy atom. The third-order valence-electron chi connectivity index (χ3n) is 6.80. The highest BCUT2D eigenvalue weighted by molar-refractivity contribution is 5.79. The number of hydrogen-bond acceptors (Lipinski definition) is 6. The van der Waals surface area contributed by atoms with E-state index in [4.69, 9.17) is 14.0 Å². The standard InChI is InChI=1S/C15H27NO4.C13H21NO.C2H6/c1-9(2)10-11(15(6,7)19-12(10)17)16(8)13(18)20-14(3,4)5;1-9-8-14-15-12(9)11-5-10(6-11)7-13(2,3)4;1-2/h9-11H,1-8H3;8,10-11H,5-7H2,1-4H3;1-2H3. The largest absolute Gasteiger partial charge is 0.457 e. The topological polar surface area (TPSA) is 81.9 Å². The van der Waals surface area contributed by atoms with Crippen LogP contribution in [0.1, 0.15) is 120 Å². The molecule has 1 aliphatic heterocycles. The van der Waals surface area contributed by atoms with Gasteiger partial charge in [0.2, 0.25) is 0 Å². The Balaban J connectivity index is 0.000000357. The number of carbonyl (C=O) groups is 2. The SMILES string of the molecule is CC.CC(C)C1C(=O)OC(C)(C)C1N(C)C(=O)OC(C)(C)C.Cc1cnoc1C1CC(CC(C)(C)C)C1. The monoisotopic (exact) mass is 522 g/mol. The van der Waals surface area contributed by atoms with Gasteiger partial charge in [0.05, 0.1) is 18.2 Å². The van der Waals surface area contributed by atoms with E-state index in [2.05, 4.69) is 32.9 Å². The molecule has 1 saturated carbocycles. The van der Waals surface area contributed by atoms with Crippen LogP contribution in [0.2, 0.25) is 0 Å². The Morgan fingerprint density at radius 2 is 1.70 bits per heavy atom. The number of nitrogens with zero attached hydrogens (tertiary/aromatic N) is 2. The Morgan fingerprint density at radius 1 is 1.16 bits per heavy atom. The summed E-state index contributed by atoms with van der Waals surface area (Å²) in [7, 11) is 1.66. The molecule has 0 bridgehead atoms. The van der Waals surface area contributed by atoms with Gasteiger partial charge in [0, 0.05) is 18.5 Å². The van der Waals surface area contributed by atoms with Crippen molar-refractivity contribution in [3.8, 4) is 0 Å². The van der Waals surface area contributed by atoms with Gasteiger partial charge in [0.1, 0.15) is 17.0 Å². The molecular weight excluding hydrogens is 468 g/mol. The molecule has 1 aliphatic carbocycles. The second kappa shape index (κ2) is 12.7. The molecule has 2 heterocycles. The highest BCUT2D eigenvalue weighted by Crippen LogP contribution is 2.47. The van der Waals surface area contributed by atoms with E-state index in [1.54, 1.807) is 7.05 Å². The number of aryl methyl sites for hydroxylation is 1. The maximum atomic E-state index is 12.2. The lowest BCUT2D eigenvalue weighted by Crippen LogP contribution is -2.52. The number of carbonyl (C=O) groups excluding carboxylic acids is 2. The predicted octanol–water partition coefficient (Wildman–Crippen LogP) is 7.77. The zero-order valence-electron chi connectivity index (χ0n) is 26.0. The van der Waals surface area contributed by atoms with Crippen LogP contribution in [0.5, 0.6) is 0 Å². The number of cyclic esters (lactones) is 1. The van der Waals surface area contributed by atoms with Crippen LogP contribution in [0, 0.1) is 30.1 Å². The van der Waals surface area contributed by atoms with E-state index in [9.17, 15) is 9.59 Å². The predicted molar refractivity (Wildman–Crippen MR) is 148 cm³/mol. The molecule has 1 saturated heterocycles. The van der Waals surface area contributed by atoms with Gasteiger partial charge in [-0.05, 0) is 78.1 Å². The van der Waals surface area contributed by atoms with Gasteiger partial charge >= 0.3 is 12.1 Å². The molecule has 3 rings (SSSR count). The Hall–Kier alpha value is -2.05. The molecular formula is C30H54N2O5. The quantitative estimate of drug-likeness (QED) is 0.376. The first-order valence-corrected chi connectivity index (χ1v) is 13.9. The van der Waals surface area contributed by atoms with Crippen LogP contribution in [0.4, 0.5) is 4.79 Å². The minimum Gasteiger partial charge on any atom is -0.457 e. The van der Waals surface area contributed by atoms with Gasteiger partial charge in [-0.15, -0.1) is 0 Å². The van der Waals surface area contributed by atoms with Crippen LogP contribution in [0.15, 0.2) is 10.7 Å². The third kappa shape index (κ3) is 9.33. The zero-order valence-corrected chi connectivity index (χ0v) is 26.0. The van der Waals surface area contributed by atoms with E-state index >= 15 is 0 Å². The fourth-order valence-electron chi connectivity index (χ4n) is 5.42. The average Bonchev–Trinajstić information content (AvgIpc) is 3.22. The molecule has 0 radical (unpaired) electrons. The van der Waals surface area contributed by atoms with Crippen LogP contribution in [0.3, 0.4) is 0 Å². The van der Waals surface area contributed by atoms with Crippen molar-refractivity contribution in [2.75, 3.05) is 7.05 Å². The zero-order chi connectivity index (χ0) is 28.9. The van der Waals surface area contributed by atoms with Gasteiger partial charge < -0.3 is 18.9 Å². The van der Waals surface area contributed by atoms with Crippen LogP contribution in [0.25, 0.3) is 0 Å². The van der Waals surface area contributed by atoms with Crippen LogP contribution in [-0.2, 0) is 14.3 Å². The number of aromatic nitrogens is 1. The molecule has 2 unspecified atom stereocenters. The molecule has 0 aromatic carbocycles. The second-order valence-corrected chi connectivity index (χ2v) is 13.5. The van der Waals surface area contributed by atoms with Gasteiger partial charge in [0.25, 0.3) is 0 Å². The van der Waals surface area contributed by atoms with Crippen molar-refractivity contribution >= 4 is 12.1 Å². The molecule has 7 nitrogen and oxygen atoms in total. The van der Waals surface area contributed by atoms with Gasteiger partial charge in [0.15, 0.2) is 0 Å². The minimum atomic E-state index is -0.711. The molecule has 7 heteroatoms. The van der Waals surface area contributed by atoms with Crippen LogP contribution >= 0.6 is 0 Å². The van der Waals surface area contributed by atoms with E-state index in [0.717, 1.165) is 11.7 Å². The minimum absolute atomic E-state index is 0.0964. The van der Waals surface area contributed by atoms with Crippen molar-refractivity contribution < 1.29 is 23.6 Å². The number of esters is 1. The Kier molecular flexibility index (Phi) is 11.3. The second-order valence-electron chi connectivity index (χ2n) is 13.5. The maximum absolute atomic E-state index is 12.2. The normalized spacial score (nSPS) is 24.7. The van der Waals surface area contributed by atoms with Crippen molar-refractivity contribution in [1.82, 2.24) is 10.1 Å². The molecule has 2 atom stereocenters. The molecule has 1 aromatic rings. The van der Waals surface area contributed by atoms with Gasteiger partial charge in [-0.1, -0.05) is 53.6 Å². The van der Waals surface area contributed by atoms with Crippen LogP contribution < -0.4 is 0 Å². The lowest BCUT2D eigenvalue weighted by molar-refractivity contribution is -0.149. The van der Waals surface area contributed by atoms with Crippen molar-refractivity contribution in [2.24, 2.45) is 23.2 Å². The first kappa shape index (κ1) is 33.0. The smallest absolute Gasteiger partial charge is 0.410 e. The highest BCUT2D eigenvalue weighted by atomic mass is 16.6. The van der Waals surface area contributed by atoms with Gasteiger partial charge in [-0.25, -0.2) is 4.79 Å². The molecule has 0 N–H and O–H groups in total. The first-order chi connectivity index (χ1) is 16.8. The van der Waals surface area contributed by atoms with Crippen molar-refractivity contribution in [3.63, 3.8) is 0 Å². The van der Waals surface area contributed by atoms with E-state index in [0.29, 0.717) is 11.3 Å². The number of ether oxygens (including phenoxy) is 2. The fraction of sp³-hybridized carbons (Fsp3) is 0.833. The molecule has 214 valence electrons. The molecule has 2 fully saturated rings. The summed E-state index contributed by atoms with van der Waals surface area (Å²) in [5, 5.41) is 3.85. The lowest BCUT2D eigenvalue weighted by atomic mass is 9.67. The summed E-state index contributed by atoms with van der Waals surface area (Å²) >= 11 is 0. The number of likely N-dealkylation sites (N-methyl/N-ethyl adjacent to an activating group) is 1. The third-order valence-corrected chi connectivity index (χ3v) is 6.80. The summed E-state index contributed by atoms with van der Waals surface area (Å²) in [5.41, 5.74) is 0.407. The molecule has 1 aromatic heterocycles. The molecule has 1 amide bonds. The molecule has 0 spiro atoms. The molecule has 2 aliphatic rings. The summed E-state index contributed by atoms with van der Waals surface area (Å²) in [6.07, 6.45) is 5.29. The average molecular weight is 523 g/mol. The summed E-state index contributed by atoms with van der Waals surface area (Å²) in [4.78, 5) is 25.8. The Bertz CT molecular complexity index is 869. The summed E-state index contributed by atoms with van der Waals surface area (Å²) < 4.78 is 16.1. The van der Waals surface area contributed by atoms with Crippen molar-refractivity contribution in [2.45, 2.75) is 132 Å². The first-order valence-electron chi connectivity index (χ1n) is 13.9. The van der Waals surface area contributed by atoms with Crippen molar-refractivity contribution in [3.05, 3.63) is 17.5 Å². The van der Waals surface area contributed by atoms with E-state index in [1.165, 1.54) is 29.7 Å². The number of rotatable bonds is 4. The fourth-order valence-corrected chi connectivity index (χ4v) is 5.42. The highest BCUT2D eigenvalue weighted by Gasteiger charge is 2.54. The van der Waals surface area contributed by atoms with Gasteiger partial charge in [-0.2, -0.15) is 0 Å². The number of hydrogen-bond donors (Lipinski definition) is 0. The van der Waals surface area contributed by atoms with Crippen LogP contribution in [-0.4, -0.2) is 46.4 Å². The number of amides is 1. The Labute approximate surface area is 226 Å². The summed E-state index contributed by atoms with van der Waals surface area (Å²) in [6, 6.07) is -0.329. The lowest BCUT2D eigenvalue weighted by Gasteiger charge is -2.37. The summed E-state index contributed by atoms with van der Waals surface area (Å²) in [6.45, 7) is 26.1. The van der Waals surface area contributed by atoms with Gasteiger partial charge in [-0.3, -0.25) is 4.79 Å². The van der Waals surface area contributed by atoms with E-state index in [1.807, 2.05) is 68.5 Å².